The van der Waals surface area contributed by atoms with Crippen molar-refractivity contribution in [3.05, 3.63) is 71.8 Å². The summed E-state index contributed by atoms with van der Waals surface area (Å²) in [6, 6.07) is 20.8. The largest absolute Gasteiger partial charge is 0.354 e. The summed E-state index contributed by atoms with van der Waals surface area (Å²) in [6.07, 6.45) is 2.59. The molecule has 2 heteroatoms. The third-order valence-corrected chi connectivity index (χ3v) is 3.92. The molecule has 0 fully saturated rings. The minimum Gasteiger partial charge on any atom is -0.354 e. The standard InChI is InChI=1S/C20H25NO/c1-3-10-16(2)21-20(22)15-19(17-11-6-4-7-12-17)18-13-8-5-9-14-18/h4-9,11-14,16,19H,3,10,15H2,1-2H3,(H,21,22). The fourth-order valence-corrected chi connectivity index (χ4v) is 2.82. The lowest BCUT2D eigenvalue weighted by molar-refractivity contribution is -0.121. The Morgan fingerprint density at radius 2 is 1.45 bits per heavy atom. The molecular weight excluding hydrogens is 270 g/mol. The Balaban J connectivity index is 2.14. The average molecular weight is 295 g/mol. The molecule has 1 atom stereocenters. The predicted octanol–water partition coefficient (Wildman–Crippen LogP) is 4.51. The van der Waals surface area contributed by atoms with Crippen LogP contribution in [0.3, 0.4) is 0 Å². The summed E-state index contributed by atoms with van der Waals surface area (Å²) >= 11 is 0. The van der Waals surface area contributed by atoms with Crippen molar-refractivity contribution in [1.82, 2.24) is 5.32 Å². The third-order valence-electron chi connectivity index (χ3n) is 3.92. The third kappa shape index (κ3) is 4.73. The second kappa shape index (κ2) is 8.38. The number of nitrogens with one attached hydrogen (secondary N) is 1. The van der Waals surface area contributed by atoms with Gasteiger partial charge in [-0.05, 0) is 24.5 Å². The summed E-state index contributed by atoms with van der Waals surface area (Å²) in [4.78, 5) is 12.4. The van der Waals surface area contributed by atoms with Gasteiger partial charge in [-0.15, -0.1) is 0 Å². The number of benzene rings is 2. The Labute approximate surface area is 133 Å². The van der Waals surface area contributed by atoms with E-state index in [-0.39, 0.29) is 17.9 Å². The summed E-state index contributed by atoms with van der Waals surface area (Å²) in [7, 11) is 0. The lowest BCUT2D eigenvalue weighted by atomic mass is 9.88. The number of carbonyl (C=O) groups is 1. The number of rotatable bonds is 7. The van der Waals surface area contributed by atoms with Crippen LogP contribution in [0.15, 0.2) is 60.7 Å². The number of amides is 1. The van der Waals surface area contributed by atoms with E-state index in [1.165, 1.54) is 11.1 Å². The van der Waals surface area contributed by atoms with Crippen molar-refractivity contribution in [3.8, 4) is 0 Å². The van der Waals surface area contributed by atoms with Crippen LogP contribution in [-0.4, -0.2) is 11.9 Å². The van der Waals surface area contributed by atoms with Crippen molar-refractivity contribution >= 4 is 5.91 Å². The molecule has 0 aromatic heterocycles. The van der Waals surface area contributed by atoms with E-state index >= 15 is 0 Å². The lowest BCUT2D eigenvalue weighted by Crippen LogP contribution is -2.33. The molecule has 0 spiro atoms. The molecule has 0 radical (unpaired) electrons. The molecule has 2 nitrogen and oxygen atoms in total. The maximum Gasteiger partial charge on any atom is 0.221 e. The Kier molecular flexibility index (Phi) is 6.20. The van der Waals surface area contributed by atoms with Gasteiger partial charge in [-0.3, -0.25) is 4.79 Å². The number of carbonyl (C=O) groups excluding carboxylic acids is 1. The smallest absolute Gasteiger partial charge is 0.221 e. The van der Waals surface area contributed by atoms with Crippen LogP contribution in [0.4, 0.5) is 0 Å². The first-order chi connectivity index (χ1) is 10.7. The van der Waals surface area contributed by atoms with Crippen LogP contribution < -0.4 is 5.32 Å². The summed E-state index contributed by atoms with van der Waals surface area (Å²) in [6.45, 7) is 4.21. The van der Waals surface area contributed by atoms with E-state index in [1.807, 2.05) is 36.4 Å². The molecule has 2 aromatic carbocycles. The van der Waals surface area contributed by atoms with Gasteiger partial charge in [0.2, 0.25) is 5.91 Å². The maximum absolute atomic E-state index is 12.4. The van der Waals surface area contributed by atoms with Crippen molar-refractivity contribution < 1.29 is 4.79 Å². The Morgan fingerprint density at radius 1 is 0.955 bits per heavy atom. The Bertz CT molecular complexity index is 525. The second-order valence-corrected chi connectivity index (χ2v) is 5.84. The van der Waals surface area contributed by atoms with Crippen LogP contribution in [0.2, 0.25) is 0 Å². The van der Waals surface area contributed by atoms with E-state index < -0.39 is 0 Å². The normalized spacial score (nSPS) is 12.1. The van der Waals surface area contributed by atoms with Crippen molar-refractivity contribution in [1.29, 1.82) is 0 Å². The van der Waals surface area contributed by atoms with Gasteiger partial charge in [0, 0.05) is 18.4 Å². The number of hydrogen-bond donors (Lipinski definition) is 1. The van der Waals surface area contributed by atoms with E-state index in [0.717, 1.165) is 12.8 Å². The van der Waals surface area contributed by atoms with E-state index in [1.54, 1.807) is 0 Å². The highest BCUT2D eigenvalue weighted by atomic mass is 16.1. The number of hydrogen-bond acceptors (Lipinski definition) is 1. The topological polar surface area (TPSA) is 29.1 Å². The first-order valence-electron chi connectivity index (χ1n) is 8.10. The van der Waals surface area contributed by atoms with Gasteiger partial charge >= 0.3 is 0 Å². The molecule has 1 N–H and O–H groups in total. The van der Waals surface area contributed by atoms with E-state index in [4.69, 9.17) is 0 Å². The molecule has 2 rings (SSSR count). The highest BCUT2D eigenvalue weighted by Crippen LogP contribution is 2.27. The summed E-state index contributed by atoms with van der Waals surface area (Å²) in [5.41, 5.74) is 2.37. The fourth-order valence-electron chi connectivity index (χ4n) is 2.82. The first-order valence-corrected chi connectivity index (χ1v) is 8.10. The maximum atomic E-state index is 12.4. The van der Waals surface area contributed by atoms with Gasteiger partial charge in [0.1, 0.15) is 0 Å². The van der Waals surface area contributed by atoms with Crippen LogP contribution in [0.25, 0.3) is 0 Å². The lowest BCUT2D eigenvalue weighted by Gasteiger charge is -2.19. The molecule has 0 bridgehead atoms. The summed E-state index contributed by atoms with van der Waals surface area (Å²) in [5.74, 6) is 0.231. The molecule has 0 aliphatic heterocycles. The van der Waals surface area contributed by atoms with E-state index in [0.29, 0.717) is 6.42 Å². The minimum absolute atomic E-state index is 0.108. The Hall–Kier alpha value is -2.09. The predicted molar refractivity (Wildman–Crippen MR) is 91.9 cm³/mol. The highest BCUT2D eigenvalue weighted by molar-refractivity contribution is 5.77. The van der Waals surface area contributed by atoms with E-state index in [2.05, 4.69) is 43.4 Å². The molecule has 0 saturated carbocycles. The van der Waals surface area contributed by atoms with Gasteiger partial charge in [-0.25, -0.2) is 0 Å². The van der Waals surface area contributed by atoms with Crippen LogP contribution in [0, 0.1) is 0 Å². The summed E-state index contributed by atoms with van der Waals surface area (Å²) in [5, 5.41) is 3.11. The molecule has 2 aromatic rings. The molecule has 1 unspecified atom stereocenters. The quantitative estimate of drug-likeness (QED) is 0.800. The van der Waals surface area contributed by atoms with Crippen LogP contribution >= 0.6 is 0 Å². The SMILES string of the molecule is CCCC(C)NC(=O)CC(c1ccccc1)c1ccccc1. The van der Waals surface area contributed by atoms with Crippen molar-refractivity contribution in [2.75, 3.05) is 0 Å². The van der Waals surface area contributed by atoms with Crippen LogP contribution in [0.5, 0.6) is 0 Å². The highest BCUT2D eigenvalue weighted by Gasteiger charge is 2.18. The molecule has 22 heavy (non-hydrogen) atoms. The Morgan fingerprint density at radius 3 is 1.91 bits per heavy atom. The molecular formula is C20H25NO. The van der Waals surface area contributed by atoms with Crippen molar-refractivity contribution in [3.63, 3.8) is 0 Å². The van der Waals surface area contributed by atoms with Gasteiger partial charge in [0.15, 0.2) is 0 Å². The van der Waals surface area contributed by atoms with Gasteiger partial charge in [0.25, 0.3) is 0 Å². The zero-order chi connectivity index (χ0) is 15.8. The van der Waals surface area contributed by atoms with Crippen LogP contribution in [-0.2, 0) is 4.79 Å². The molecule has 0 heterocycles. The monoisotopic (exact) mass is 295 g/mol. The van der Waals surface area contributed by atoms with E-state index in [9.17, 15) is 4.79 Å². The van der Waals surface area contributed by atoms with Crippen molar-refractivity contribution in [2.45, 2.75) is 45.1 Å². The molecule has 0 aliphatic carbocycles. The first kappa shape index (κ1) is 16.3. The minimum atomic E-state index is 0.108. The van der Waals surface area contributed by atoms with Gasteiger partial charge < -0.3 is 5.32 Å². The fraction of sp³-hybridized carbons (Fsp3) is 0.350. The van der Waals surface area contributed by atoms with Gasteiger partial charge in [-0.2, -0.15) is 0 Å². The average Bonchev–Trinajstić information content (AvgIpc) is 2.54. The molecule has 0 aliphatic rings. The molecule has 0 saturated heterocycles. The van der Waals surface area contributed by atoms with Gasteiger partial charge in [-0.1, -0.05) is 74.0 Å². The summed E-state index contributed by atoms with van der Waals surface area (Å²) < 4.78 is 0. The second-order valence-electron chi connectivity index (χ2n) is 5.84. The zero-order valence-electron chi connectivity index (χ0n) is 13.5. The van der Waals surface area contributed by atoms with Crippen molar-refractivity contribution in [2.24, 2.45) is 0 Å². The zero-order valence-corrected chi connectivity index (χ0v) is 13.5. The van der Waals surface area contributed by atoms with Gasteiger partial charge in [0.05, 0.1) is 0 Å². The molecule has 1 amide bonds. The van der Waals surface area contributed by atoms with Crippen LogP contribution in [0.1, 0.15) is 50.2 Å². The molecule has 116 valence electrons.